The molecule has 2 heterocycles. The Morgan fingerprint density at radius 2 is 1.80 bits per heavy atom. The predicted molar refractivity (Wildman–Crippen MR) is 98.3 cm³/mol. The molecule has 0 spiro atoms. The summed E-state index contributed by atoms with van der Waals surface area (Å²) in [5.41, 5.74) is 3.66. The molecule has 0 radical (unpaired) electrons. The van der Waals surface area contributed by atoms with Crippen molar-refractivity contribution in [1.29, 1.82) is 0 Å². The zero-order valence-electron chi connectivity index (χ0n) is 14.3. The van der Waals surface area contributed by atoms with Gasteiger partial charge in [-0.15, -0.1) is 11.3 Å². The molecule has 0 saturated carbocycles. The number of amides is 1. The Bertz CT molecular complexity index is 886. The third-order valence-electron chi connectivity index (χ3n) is 3.94. The van der Waals surface area contributed by atoms with E-state index in [1.54, 1.807) is 11.3 Å². The summed E-state index contributed by atoms with van der Waals surface area (Å²) < 4.78 is 0.654. The van der Waals surface area contributed by atoms with Gasteiger partial charge in [-0.1, -0.05) is 29.8 Å². The van der Waals surface area contributed by atoms with Crippen LogP contribution in [0.25, 0.3) is 10.6 Å². The minimum atomic E-state index is -0.210. The average molecular weight is 353 g/mol. The van der Waals surface area contributed by atoms with Gasteiger partial charge in [0.15, 0.2) is 12.4 Å². The van der Waals surface area contributed by atoms with Crippen LogP contribution in [-0.4, -0.2) is 10.9 Å². The van der Waals surface area contributed by atoms with Crippen molar-refractivity contribution >= 4 is 17.2 Å². The second-order valence-corrected chi connectivity index (χ2v) is 7.01. The molecule has 0 fully saturated rings. The number of aryl methyl sites for hydroxylation is 2. The molecule has 2 aromatic heterocycles. The van der Waals surface area contributed by atoms with Crippen LogP contribution in [0.1, 0.15) is 39.5 Å². The van der Waals surface area contributed by atoms with Crippen LogP contribution in [0.4, 0.5) is 0 Å². The summed E-state index contributed by atoms with van der Waals surface area (Å²) in [4.78, 5) is 18.0. The van der Waals surface area contributed by atoms with Gasteiger partial charge in [0, 0.05) is 17.7 Å². The first-order valence-corrected chi connectivity index (χ1v) is 8.80. The third kappa shape index (κ3) is 3.85. The highest BCUT2D eigenvalue weighted by Gasteiger charge is 2.18. The van der Waals surface area contributed by atoms with Gasteiger partial charge >= 0.3 is 0 Å². The molecular weight excluding hydrogens is 334 g/mol. The molecule has 6 heteroatoms. The van der Waals surface area contributed by atoms with E-state index in [9.17, 15) is 10.0 Å². The SMILES string of the molecule is Cc1ccc(-c2nc(C)c(C(C)NC(=O)c3cc[n+]([O-])cc3)s2)cc1. The fourth-order valence-electron chi connectivity index (χ4n) is 2.54. The van der Waals surface area contributed by atoms with Crippen LogP contribution in [0.2, 0.25) is 0 Å². The number of aromatic nitrogens is 2. The molecule has 3 rings (SSSR count). The van der Waals surface area contributed by atoms with Gasteiger partial charge in [-0.3, -0.25) is 4.79 Å². The van der Waals surface area contributed by atoms with Gasteiger partial charge < -0.3 is 10.5 Å². The van der Waals surface area contributed by atoms with Gasteiger partial charge in [0.2, 0.25) is 0 Å². The second kappa shape index (κ2) is 7.03. The molecule has 1 aromatic carbocycles. The molecular formula is C19H19N3O2S. The largest absolute Gasteiger partial charge is 0.619 e. The van der Waals surface area contributed by atoms with E-state index < -0.39 is 0 Å². The van der Waals surface area contributed by atoms with Crippen LogP contribution in [0.5, 0.6) is 0 Å². The molecule has 0 aliphatic heterocycles. The number of rotatable bonds is 4. The lowest BCUT2D eigenvalue weighted by Gasteiger charge is -2.12. The van der Waals surface area contributed by atoms with E-state index in [1.807, 2.05) is 13.8 Å². The van der Waals surface area contributed by atoms with Gasteiger partial charge in [-0.05, 0) is 20.8 Å². The molecule has 5 nitrogen and oxygen atoms in total. The Morgan fingerprint density at radius 1 is 1.16 bits per heavy atom. The number of nitrogens with zero attached hydrogens (tertiary/aromatic N) is 2. The molecule has 0 aliphatic rings. The predicted octanol–water partition coefficient (Wildman–Crippen LogP) is 3.55. The lowest BCUT2D eigenvalue weighted by atomic mass is 10.1. The Kier molecular flexibility index (Phi) is 4.81. The van der Waals surface area contributed by atoms with Crippen LogP contribution in [0, 0.1) is 19.1 Å². The summed E-state index contributed by atoms with van der Waals surface area (Å²) in [5.74, 6) is -0.210. The van der Waals surface area contributed by atoms with E-state index in [0.29, 0.717) is 10.3 Å². The normalized spacial score (nSPS) is 12.0. The van der Waals surface area contributed by atoms with E-state index in [4.69, 9.17) is 0 Å². The highest BCUT2D eigenvalue weighted by atomic mass is 32.1. The van der Waals surface area contributed by atoms with Crippen molar-refractivity contribution in [3.05, 3.63) is 75.7 Å². The van der Waals surface area contributed by atoms with Gasteiger partial charge in [0.1, 0.15) is 5.01 Å². The number of hydrogen-bond donors (Lipinski definition) is 1. The molecule has 3 aromatic rings. The minimum Gasteiger partial charge on any atom is -0.619 e. The van der Waals surface area contributed by atoms with Crippen LogP contribution in [-0.2, 0) is 0 Å². The van der Waals surface area contributed by atoms with Crippen molar-refractivity contribution in [3.8, 4) is 10.6 Å². The zero-order chi connectivity index (χ0) is 18.0. The van der Waals surface area contributed by atoms with Gasteiger partial charge in [-0.2, -0.15) is 4.73 Å². The summed E-state index contributed by atoms with van der Waals surface area (Å²) in [7, 11) is 0. The molecule has 0 saturated heterocycles. The maximum atomic E-state index is 12.3. The standard InChI is InChI=1S/C19H19N3O2S/c1-12-4-6-16(7-5-12)19-21-14(3)17(25-19)13(2)20-18(23)15-8-10-22(24)11-9-15/h4-11,13H,1-3H3,(H,20,23). The van der Waals surface area contributed by atoms with Crippen LogP contribution in [0.3, 0.4) is 0 Å². The minimum absolute atomic E-state index is 0.163. The average Bonchev–Trinajstić information content (AvgIpc) is 2.98. The molecule has 1 amide bonds. The molecule has 25 heavy (non-hydrogen) atoms. The summed E-state index contributed by atoms with van der Waals surface area (Å²) >= 11 is 1.59. The van der Waals surface area contributed by atoms with Gasteiger partial charge in [-0.25, -0.2) is 4.98 Å². The number of pyridine rings is 1. The number of thiazole rings is 1. The smallest absolute Gasteiger partial charge is 0.252 e. The van der Waals surface area contributed by atoms with Crippen molar-refractivity contribution in [1.82, 2.24) is 10.3 Å². The fraction of sp³-hybridized carbons (Fsp3) is 0.211. The number of carbonyl (C=O) groups excluding carboxylic acids is 1. The Morgan fingerprint density at radius 3 is 2.44 bits per heavy atom. The summed E-state index contributed by atoms with van der Waals surface area (Å²) in [6, 6.07) is 11.1. The molecule has 1 unspecified atom stereocenters. The van der Waals surface area contributed by atoms with Gasteiger partial charge in [0.25, 0.3) is 5.91 Å². The highest BCUT2D eigenvalue weighted by molar-refractivity contribution is 7.15. The van der Waals surface area contributed by atoms with Crippen molar-refractivity contribution in [2.45, 2.75) is 26.8 Å². The van der Waals surface area contributed by atoms with Crippen LogP contribution in [0.15, 0.2) is 48.8 Å². The zero-order valence-corrected chi connectivity index (χ0v) is 15.1. The Labute approximate surface area is 150 Å². The van der Waals surface area contributed by atoms with Crippen molar-refractivity contribution in [2.75, 3.05) is 0 Å². The van der Waals surface area contributed by atoms with Crippen LogP contribution >= 0.6 is 11.3 Å². The lowest BCUT2D eigenvalue weighted by molar-refractivity contribution is -0.605. The Balaban J connectivity index is 1.78. The number of benzene rings is 1. The number of hydrogen-bond acceptors (Lipinski definition) is 4. The van der Waals surface area contributed by atoms with E-state index in [-0.39, 0.29) is 11.9 Å². The van der Waals surface area contributed by atoms with Crippen LogP contribution < -0.4 is 10.0 Å². The summed E-state index contributed by atoms with van der Waals surface area (Å²) in [6.07, 6.45) is 2.63. The third-order valence-corrected chi connectivity index (χ3v) is 5.33. The van der Waals surface area contributed by atoms with Crippen molar-refractivity contribution in [2.24, 2.45) is 0 Å². The molecule has 0 aliphatic carbocycles. The first-order chi connectivity index (χ1) is 11.9. The monoisotopic (exact) mass is 353 g/mol. The second-order valence-electron chi connectivity index (χ2n) is 5.98. The molecule has 0 bridgehead atoms. The maximum Gasteiger partial charge on any atom is 0.252 e. The van der Waals surface area contributed by atoms with Crippen molar-refractivity contribution in [3.63, 3.8) is 0 Å². The lowest BCUT2D eigenvalue weighted by Crippen LogP contribution is -2.29. The first-order valence-electron chi connectivity index (χ1n) is 7.98. The van der Waals surface area contributed by atoms with E-state index in [1.165, 1.54) is 30.1 Å². The van der Waals surface area contributed by atoms with Crippen molar-refractivity contribution < 1.29 is 9.52 Å². The highest BCUT2D eigenvalue weighted by Crippen LogP contribution is 2.32. The summed E-state index contributed by atoms with van der Waals surface area (Å²) in [5, 5.41) is 15.0. The van der Waals surface area contributed by atoms with E-state index >= 15 is 0 Å². The van der Waals surface area contributed by atoms with E-state index in [2.05, 4.69) is 41.5 Å². The van der Waals surface area contributed by atoms with Gasteiger partial charge in [0.05, 0.1) is 22.2 Å². The quantitative estimate of drug-likeness (QED) is 0.576. The fourth-order valence-corrected chi connectivity index (χ4v) is 3.61. The maximum absolute atomic E-state index is 12.3. The summed E-state index contributed by atoms with van der Waals surface area (Å²) in [6.45, 7) is 5.95. The number of carbonyl (C=O) groups is 1. The number of nitrogens with one attached hydrogen (secondary N) is 1. The van der Waals surface area contributed by atoms with E-state index in [0.717, 1.165) is 21.1 Å². The molecule has 128 valence electrons. The first kappa shape index (κ1) is 17.1. The molecule has 1 N–H and O–H groups in total. The Hall–Kier alpha value is -2.73. The molecule has 1 atom stereocenters. The topological polar surface area (TPSA) is 68.9 Å².